The van der Waals surface area contributed by atoms with Crippen molar-refractivity contribution in [3.8, 4) is 0 Å². The molecule has 2 N–H and O–H groups in total. The Morgan fingerprint density at radius 3 is 2.21 bits per heavy atom. The summed E-state index contributed by atoms with van der Waals surface area (Å²) < 4.78 is 26.6. The van der Waals surface area contributed by atoms with Gasteiger partial charge in [0.2, 0.25) is 0 Å². The molecule has 0 aliphatic rings. The molecule has 0 amide bonds. The van der Waals surface area contributed by atoms with Crippen LogP contribution in [0.15, 0.2) is 53.4 Å². The van der Waals surface area contributed by atoms with Crippen LogP contribution in [0.2, 0.25) is 0 Å². The fourth-order valence-electron chi connectivity index (χ4n) is 1.81. The summed E-state index contributed by atoms with van der Waals surface area (Å²) in [6.45, 7) is 1.86. The molecule has 0 aromatic heterocycles. The second-order valence-corrected chi connectivity index (χ2v) is 5.56. The topological polar surface area (TPSA) is 26.0 Å². The highest BCUT2D eigenvalue weighted by atomic mass is 32.2. The van der Waals surface area contributed by atoms with Crippen molar-refractivity contribution in [3.05, 3.63) is 65.7 Å². The number of benzene rings is 2. The lowest BCUT2D eigenvalue weighted by atomic mass is 10.1. The first-order chi connectivity index (χ1) is 9.08. The first kappa shape index (κ1) is 14.0. The molecule has 19 heavy (non-hydrogen) atoms. The van der Waals surface area contributed by atoms with Crippen LogP contribution in [0, 0.1) is 11.6 Å². The molecule has 0 saturated carbocycles. The van der Waals surface area contributed by atoms with Crippen molar-refractivity contribution in [1.82, 2.24) is 0 Å². The van der Waals surface area contributed by atoms with E-state index in [9.17, 15) is 8.78 Å². The third-order valence-electron chi connectivity index (χ3n) is 2.77. The van der Waals surface area contributed by atoms with Gasteiger partial charge in [-0.05, 0) is 36.8 Å². The highest BCUT2D eigenvalue weighted by Crippen LogP contribution is 2.38. The Morgan fingerprint density at radius 1 is 1.00 bits per heavy atom. The third kappa shape index (κ3) is 3.55. The fraction of sp³-hybridized carbons (Fsp3) is 0.200. The number of hydrogen-bond acceptors (Lipinski definition) is 2. The van der Waals surface area contributed by atoms with E-state index in [1.165, 1.54) is 30.0 Å². The Labute approximate surface area is 115 Å². The molecule has 2 unspecified atom stereocenters. The molecule has 100 valence electrons. The molecular weight excluding hydrogens is 264 g/mol. The molecule has 0 radical (unpaired) electrons. The van der Waals surface area contributed by atoms with E-state index in [4.69, 9.17) is 5.73 Å². The van der Waals surface area contributed by atoms with Crippen molar-refractivity contribution >= 4 is 11.8 Å². The van der Waals surface area contributed by atoms with Crippen LogP contribution < -0.4 is 5.73 Å². The number of nitrogens with two attached hydrogens (primary N) is 1. The highest BCUT2D eigenvalue weighted by Gasteiger charge is 2.19. The Morgan fingerprint density at radius 2 is 1.63 bits per heavy atom. The van der Waals surface area contributed by atoms with Crippen LogP contribution >= 0.6 is 11.8 Å². The lowest BCUT2D eigenvalue weighted by molar-refractivity contribution is 0.600. The molecule has 0 bridgehead atoms. The van der Waals surface area contributed by atoms with Crippen LogP contribution in [0.5, 0.6) is 0 Å². The standard InChI is InChI=1S/C15H15F2NS/c1-10(18)15(11-6-8-12(16)9-7-11)19-14-5-3-2-4-13(14)17/h2-10,15H,18H2,1H3. The van der Waals surface area contributed by atoms with Crippen LogP contribution in [-0.2, 0) is 0 Å². The summed E-state index contributed by atoms with van der Waals surface area (Å²) in [6, 6.07) is 12.6. The summed E-state index contributed by atoms with van der Waals surface area (Å²) in [7, 11) is 0. The maximum absolute atomic E-state index is 13.7. The lowest BCUT2D eigenvalue weighted by Gasteiger charge is -2.21. The molecular formula is C15H15F2NS. The van der Waals surface area contributed by atoms with Gasteiger partial charge in [-0.15, -0.1) is 11.8 Å². The Bertz CT molecular complexity index is 540. The highest BCUT2D eigenvalue weighted by molar-refractivity contribution is 7.99. The van der Waals surface area contributed by atoms with Crippen LogP contribution in [0.25, 0.3) is 0 Å². The predicted molar refractivity (Wildman–Crippen MR) is 75.0 cm³/mol. The maximum atomic E-state index is 13.7. The summed E-state index contributed by atoms with van der Waals surface area (Å²) >= 11 is 1.36. The van der Waals surface area contributed by atoms with E-state index >= 15 is 0 Å². The van der Waals surface area contributed by atoms with E-state index in [2.05, 4.69) is 0 Å². The molecule has 1 nitrogen and oxygen atoms in total. The van der Waals surface area contributed by atoms with E-state index in [1.807, 2.05) is 6.92 Å². The molecule has 0 aliphatic carbocycles. The molecule has 2 aromatic rings. The fourth-order valence-corrected chi connectivity index (χ4v) is 2.93. The van der Waals surface area contributed by atoms with Gasteiger partial charge in [0.1, 0.15) is 11.6 Å². The van der Waals surface area contributed by atoms with E-state index in [0.29, 0.717) is 4.90 Å². The molecule has 2 aromatic carbocycles. The number of hydrogen-bond donors (Lipinski definition) is 1. The normalized spacial score (nSPS) is 14.1. The van der Waals surface area contributed by atoms with Crippen LogP contribution in [0.3, 0.4) is 0 Å². The van der Waals surface area contributed by atoms with Crippen molar-refractivity contribution < 1.29 is 8.78 Å². The van der Waals surface area contributed by atoms with Gasteiger partial charge in [-0.3, -0.25) is 0 Å². The van der Waals surface area contributed by atoms with E-state index in [1.54, 1.807) is 30.3 Å². The van der Waals surface area contributed by atoms with Crippen molar-refractivity contribution in [2.24, 2.45) is 5.73 Å². The summed E-state index contributed by atoms with van der Waals surface area (Å²) in [5.41, 5.74) is 6.86. The zero-order valence-electron chi connectivity index (χ0n) is 10.5. The molecule has 0 heterocycles. The van der Waals surface area contributed by atoms with Gasteiger partial charge in [0.25, 0.3) is 0 Å². The van der Waals surface area contributed by atoms with Crippen molar-refractivity contribution in [1.29, 1.82) is 0 Å². The predicted octanol–water partition coefficient (Wildman–Crippen LogP) is 4.15. The van der Waals surface area contributed by atoms with E-state index < -0.39 is 0 Å². The monoisotopic (exact) mass is 279 g/mol. The minimum Gasteiger partial charge on any atom is -0.327 e. The van der Waals surface area contributed by atoms with Crippen LogP contribution in [-0.4, -0.2) is 6.04 Å². The largest absolute Gasteiger partial charge is 0.327 e. The lowest BCUT2D eigenvalue weighted by Crippen LogP contribution is -2.22. The van der Waals surface area contributed by atoms with Crippen molar-refractivity contribution in [2.45, 2.75) is 23.1 Å². The van der Waals surface area contributed by atoms with Crippen LogP contribution in [0.1, 0.15) is 17.7 Å². The minimum absolute atomic E-state index is 0.113. The second kappa shape index (κ2) is 6.17. The Kier molecular flexibility index (Phi) is 4.56. The molecule has 2 atom stereocenters. The number of rotatable bonds is 4. The van der Waals surface area contributed by atoms with Gasteiger partial charge < -0.3 is 5.73 Å². The van der Waals surface area contributed by atoms with Crippen molar-refractivity contribution in [3.63, 3.8) is 0 Å². The average Bonchev–Trinajstić information content (AvgIpc) is 2.39. The van der Waals surface area contributed by atoms with Gasteiger partial charge in [0.05, 0.1) is 0 Å². The number of halogens is 2. The first-order valence-electron chi connectivity index (χ1n) is 6.00. The average molecular weight is 279 g/mol. The maximum Gasteiger partial charge on any atom is 0.136 e. The van der Waals surface area contributed by atoms with E-state index in [-0.39, 0.29) is 22.9 Å². The quantitative estimate of drug-likeness (QED) is 0.851. The summed E-state index contributed by atoms with van der Waals surface area (Å²) in [6.07, 6.45) is 0. The molecule has 4 heteroatoms. The number of thioether (sulfide) groups is 1. The summed E-state index contributed by atoms with van der Waals surface area (Å²) in [4.78, 5) is 0.550. The SMILES string of the molecule is CC(N)C(Sc1ccccc1F)c1ccc(F)cc1. The molecule has 0 saturated heterocycles. The zero-order valence-corrected chi connectivity index (χ0v) is 11.3. The Hall–Kier alpha value is -1.39. The summed E-state index contributed by atoms with van der Waals surface area (Å²) in [5, 5.41) is -0.113. The summed E-state index contributed by atoms with van der Waals surface area (Å²) in [5.74, 6) is -0.552. The van der Waals surface area contributed by atoms with Crippen LogP contribution in [0.4, 0.5) is 8.78 Å². The van der Waals surface area contributed by atoms with Gasteiger partial charge in [-0.2, -0.15) is 0 Å². The first-order valence-corrected chi connectivity index (χ1v) is 6.88. The third-order valence-corrected chi connectivity index (χ3v) is 4.31. The smallest absolute Gasteiger partial charge is 0.136 e. The van der Waals surface area contributed by atoms with Gasteiger partial charge in [-0.1, -0.05) is 24.3 Å². The van der Waals surface area contributed by atoms with Gasteiger partial charge >= 0.3 is 0 Å². The zero-order chi connectivity index (χ0) is 13.8. The Balaban J connectivity index is 2.26. The van der Waals surface area contributed by atoms with Gasteiger partial charge in [-0.25, -0.2) is 8.78 Å². The van der Waals surface area contributed by atoms with Gasteiger partial charge in [0.15, 0.2) is 0 Å². The molecule has 2 rings (SSSR count). The molecule has 0 aliphatic heterocycles. The molecule has 0 spiro atoms. The minimum atomic E-state index is -0.289. The van der Waals surface area contributed by atoms with Gasteiger partial charge in [0, 0.05) is 16.2 Å². The van der Waals surface area contributed by atoms with E-state index in [0.717, 1.165) is 5.56 Å². The molecule has 0 fully saturated rings. The second-order valence-electron chi connectivity index (χ2n) is 4.38. The van der Waals surface area contributed by atoms with Crippen molar-refractivity contribution in [2.75, 3.05) is 0 Å².